The molecule has 3 aromatic heterocycles. The number of amides is 2. The SMILES string of the molecule is O=C(Cn1c(-c2cccs2)n[nH]c1=S)N1CCN(C(=O)c2cccs2)CC1. The fourth-order valence-electron chi connectivity index (χ4n) is 3.01. The van der Waals surface area contributed by atoms with Gasteiger partial charge >= 0.3 is 0 Å². The van der Waals surface area contributed by atoms with Crippen molar-refractivity contribution in [1.82, 2.24) is 24.6 Å². The van der Waals surface area contributed by atoms with Crippen molar-refractivity contribution in [2.75, 3.05) is 26.2 Å². The molecule has 0 aromatic carbocycles. The molecule has 1 aliphatic rings. The van der Waals surface area contributed by atoms with Crippen LogP contribution in [0.5, 0.6) is 0 Å². The lowest BCUT2D eigenvalue weighted by molar-refractivity contribution is -0.133. The number of rotatable bonds is 4. The van der Waals surface area contributed by atoms with Gasteiger partial charge in [0.25, 0.3) is 5.91 Å². The maximum atomic E-state index is 12.8. The van der Waals surface area contributed by atoms with Crippen LogP contribution in [0.4, 0.5) is 0 Å². The number of nitrogens with zero attached hydrogens (tertiary/aromatic N) is 4. The van der Waals surface area contributed by atoms with E-state index in [1.54, 1.807) is 25.7 Å². The van der Waals surface area contributed by atoms with Crippen LogP contribution < -0.4 is 0 Å². The Bertz CT molecular complexity index is 982. The molecule has 7 nitrogen and oxygen atoms in total. The molecule has 0 aliphatic carbocycles. The monoisotopic (exact) mass is 419 g/mol. The van der Waals surface area contributed by atoms with E-state index in [0.717, 1.165) is 9.75 Å². The van der Waals surface area contributed by atoms with E-state index in [0.29, 0.717) is 36.8 Å². The molecule has 0 atom stereocenters. The molecule has 1 N–H and O–H groups in total. The summed E-state index contributed by atoms with van der Waals surface area (Å²) in [4.78, 5) is 30.5. The number of thiophene rings is 2. The number of carbonyl (C=O) groups excluding carboxylic acids is 2. The number of nitrogens with one attached hydrogen (secondary N) is 1. The maximum absolute atomic E-state index is 12.8. The molecule has 2 amide bonds. The molecule has 0 unspecified atom stereocenters. The molecule has 140 valence electrons. The normalized spacial score (nSPS) is 14.5. The van der Waals surface area contributed by atoms with E-state index in [-0.39, 0.29) is 18.4 Å². The Morgan fingerprint density at radius 1 is 1.07 bits per heavy atom. The van der Waals surface area contributed by atoms with Gasteiger partial charge in [-0.2, -0.15) is 5.10 Å². The molecular formula is C17H17N5O2S3. The summed E-state index contributed by atoms with van der Waals surface area (Å²) in [6.07, 6.45) is 0. The molecule has 1 saturated heterocycles. The Morgan fingerprint density at radius 3 is 2.44 bits per heavy atom. The van der Waals surface area contributed by atoms with E-state index in [9.17, 15) is 9.59 Å². The van der Waals surface area contributed by atoms with Crippen molar-refractivity contribution in [2.24, 2.45) is 0 Å². The number of hydrogen-bond acceptors (Lipinski definition) is 6. The molecule has 1 fully saturated rings. The zero-order valence-electron chi connectivity index (χ0n) is 14.3. The lowest BCUT2D eigenvalue weighted by Crippen LogP contribution is -2.51. The number of hydrogen-bond donors (Lipinski definition) is 1. The third kappa shape index (κ3) is 3.73. The first-order valence-electron chi connectivity index (χ1n) is 8.43. The minimum atomic E-state index is -0.0199. The Labute approximate surface area is 168 Å². The highest BCUT2D eigenvalue weighted by molar-refractivity contribution is 7.71. The van der Waals surface area contributed by atoms with Gasteiger partial charge in [-0.3, -0.25) is 19.3 Å². The maximum Gasteiger partial charge on any atom is 0.264 e. The summed E-state index contributed by atoms with van der Waals surface area (Å²) < 4.78 is 2.16. The summed E-state index contributed by atoms with van der Waals surface area (Å²) in [5.74, 6) is 0.692. The zero-order chi connectivity index (χ0) is 18.8. The lowest BCUT2D eigenvalue weighted by atomic mass is 10.3. The highest BCUT2D eigenvalue weighted by Crippen LogP contribution is 2.23. The fraction of sp³-hybridized carbons (Fsp3) is 0.294. The fourth-order valence-corrected chi connectivity index (χ4v) is 4.62. The van der Waals surface area contributed by atoms with Gasteiger partial charge in [-0.15, -0.1) is 22.7 Å². The van der Waals surface area contributed by atoms with Gasteiger partial charge in [0.2, 0.25) is 5.91 Å². The second kappa shape index (κ2) is 7.75. The average Bonchev–Trinajstić information content (AvgIpc) is 3.44. The lowest BCUT2D eigenvalue weighted by Gasteiger charge is -2.34. The molecule has 0 saturated carbocycles. The van der Waals surface area contributed by atoms with Crippen molar-refractivity contribution >= 4 is 46.7 Å². The Kier molecular flexibility index (Phi) is 5.19. The summed E-state index contributed by atoms with van der Waals surface area (Å²) in [5.41, 5.74) is 0. The summed E-state index contributed by atoms with van der Waals surface area (Å²) in [5, 5.41) is 10.9. The molecule has 27 heavy (non-hydrogen) atoms. The molecular weight excluding hydrogens is 402 g/mol. The van der Waals surface area contributed by atoms with Crippen LogP contribution in [-0.2, 0) is 11.3 Å². The number of aromatic amines is 1. The molecule has 0 spiro atoms. The van der Waals surface area contributed by atoms with Crippen LogP contribution in [0.3, 0.4) is 0 Å². The van der Waals surface area contributed by atoms with Gasteiger partial charge in [0.1, 0.15) is 6.54 Å². The first-order valence-corrected chi connectivity index (χ1v) is 10.6. The van der Waals surface area contributed by atoms with E-state index in [4.69, 9.17) is 12.2 Å². The smallest absolute Gasteiger partial charge is 0.264 e. The third-order valence-electron chi connectivity index (χ3n) is 4.44. The van der Waals surface area contributed by atoms with Crippen molar-refractivity contribution in [3.8, 4) is 10.7 Å². The highest BCUT2D eigenvalue weighted by Gasteiger charge is 2.26. The van der Waals surface area contributed by atoms with E-state index >= 15 is 0 Å². The van der Waals surface area contributed by atoms with E-state index in [1.165, 1.54) is 11.3 Å². The van der Waals surface area contributed by atoms with Crippen LogP contribution in [-0.4, -0.2) is 62.6 Å². The quantitative estimate of drug-likeness (QED) is 0.660. The largest absolute Gasteiger partial charge is 0.338 e. The number of piperazine rings is 1. The van der Waals surface area contributed by atoms with Gasteiger partial charge in [0, 0.05) is 26.2 Å². The van der Waals surface area contributed by atoms with Gasteiger partial charge in [-0.05, 0) is 35.1 Å². The number of aromatic nitrogens is 3. The minimum absolute atomic E-state index is 0.0199. The predicted molar refractivity (Wildman–Crippen MR) is 108 cm³/mol. The van der Waals surface area contributed by atoms with Crippen molar-refractivity contribution in [2.45, 2.75) is 6.54 Å². The van der Waals surface area contributed by atoms with Crippen molar-refractivity contribution < 1.29 is 9.59 Å². The third-order valence-corrected chi connectivity index (χ3v) is 6.48. The molecule has 10 heteroatoms. The molecule has 4 heterocycles. The average molecular weight is 420 g/mol. The summed E-state index contributed by atoms with van der Waals surface area (Å²) >= 11 is 8.28. The molecule has 0 bridgehead atoms. The van der Waals surface area contributed by atoms with Gasteiger partial charge in [0.05, 0.1) is 9.75 Å². The highest BCUT2D eigenvalue weighted by atomic mass is 32.1. The van der Waals surface area contributed by atoms with E-state index in [1.807, 2.05) is 35.0 Å². The van der Waals surface area contributed by atoms with Crippen LogP contribution >= 0.6 is 34.9 Å². The Hall–Kier alpha value is -2.30. The summed E-state index contributed by atoms with van der Waals surface area (Å²) in [6.45, 7) is 2.26. The van der Waals surface area contributed by atoms with Gasteiger partial charge < -0.3 is 9.80 Å². The first kappa shape index (κ1) is 18.1. The zero-order valence-corrected chi connectivity index (χ0v) is 16.8. The van der Waals surface area contributed by atoms with E-state index < -0.39 is 0 Å². The summed E-state index contributed by atoms with van der Waals surface area (Å²) in [7, 11) is 0. The molecule has 0 radical (unpaired) electrons. The van der Waals surface area contributed by atoms with Crippen LogP contribution in [0, 0.1) is 4.77 Å². The topological polar surface area (TPSA) is 74.2 Å². The number of H-pyrrole nitrogens is 1. The Balaban J connectivity index is 1.40. The second-order valence-electron chi connectivity index (χ2n) is 6.07. The first-order chi connectivity index (χ1) is 13.1. The van der Waals surface area contributed by atoms with E-state index in [2.05, 4.69) is 10.2 Å². The van der Waals surface area contributed by atoms with Crippen LogP contribution in [0.2, 0.25) is 0 Å². The van der Waals surface area contributed by atoms with Crippen LogP contribution in [0.15, 0.2) is 35.0 Å². The van der Waals surface area contributed by atoms with Gasteiger partial charge in [0.15, 0.2) is 10.6 Å². The number of carbonyl (C=O) groups is 2. The minimum Gasteiger partial charge on any atom is -0.338 e. The molecule has 4 rings (SSSR count). The van der Waals surface area contributed by atoms with Gasteiger partial charge in [-0.25, -0.2) is 0 Å². The van der Waals surface area contributed by atoms with Crippen LogP contribution in [0.1, 0.15) is 9.67 Å². The van der Waals surface area contributed by atoms with Crippen molar-refractivity contribution in [1.29, 1.82) is 0 Å². The predicted octanol–water partition coefficient (Wildman–Crippen LogP) is 2.72. The molecule has 3 aromatic rings. The second-order valence-corrected chi connectivity index (χ2v) is 8.35. The van der Waals surface area contributed by atoms with Gasteiger partial charge in [-0.1, -0.05) is 12.1 Å². The van der Waals surface area contributed by atoms with Crippen molar-refractivity contribution in [3.63, 3.8) is 0 Å². The standard InChI is InChI=1S/C17H17N5O2S3/c23-14(11-22-15(18-19-17(22)25)12-3-1-9-26-12)20-5-7-21(8-6-20)16(24)13-4-2-10-27-13/h1-4,9-10H,5-8,11H2,(H,19,25). The van der Waals surface area contributed by atoms with Crippen molar-refractivity contribution in [3.05, 3.63) is 44.7 Å². The Morgan fingerprint density at radius 2 is 1.78 bits per heavy atom. The van der Waals surface area contributed by atoms with Crippen LogP contribution in [0.25, 0.3) is 10.7 Å². The summed E-state index contributed by atoms with van der Waals surface area (Å²) in [6, 6.07) is 7.59. The molecule has 1 aliphatic heterocycles.